The zero-order chi connectivity index (χ0) is 19.4. The number of benzene rings is 1. The summed E-state index contributed by atoms with van der Waals surface area (Å²) in [5.74, 6) is 0.922. The molecule has 1 spiro atoms. The Morgan fingerprint density at radius 1 is 1.19 bits per heavy atom. The highest BCUT2D eigenvalue weighted by atomic mass is 16.5. The van der Waals surface area contributed by atoms with Crippen LogP contribution in [0.3, 0.4) is 0 Å². The molecule has 0 saturated carbocycles. The van der Waals surface area contributed by atoms with Crippen molar-refractivity contribution in [2.24, 2.45) is 5.41 Å². The fourth-order valence-electron chi connectivity index (χ4n) is 4.36. The smallest absolute Gasteiger partial charge is 0.257 e. The number of aryl methyl sites for hydroxylation is 1. The van der Waals surface area contributed by atoms with Crippen molar-refractivity contribution in [1.29, 1.82) is 0 Å². The van der Waals surface area contributed by atoms with Gasteiger partial charge in [-0.05, 0) is 43.2 Å². The van der Waals surface area contributed by atoms with E-state index in [2.05, 4.69) is 0 Å². The summed E-state index contributed by atoms with van der Waals surface area (Å²) in [6, 6.07) is 5.69. The summed E-state index contributed by atoms with van der Waals surface area (Å²) in [4.78, 5) is 29.1. The molecule has 0 radical (unpaired) electrons. The lowest BCUT2D eigenvalue weighted by atomic mass is 9.72. The Hall–Kier alpha value is -2.08. The molecule has 148 valence electrons. The first kappa shape index (κ1) is 19.7. The molecule has 0 bridgehead atoms. The predicted molar refractivity (Wildman–Crippen MR) is 103 cm³/mol. The van der Waals surface area contributed by atoms with Gasteiger partial charge in [0.2, 0.25) is 5.91 Å². The Morgan fingerprint density at radius 2 is 1.93 bits per heavy atom. The van der Waals surface area contributed by atoms with Crippen LogP contribution in [-0.4, -0.2) is 68.6 Å². The minimum Gasteiger partial charge on any atom is -0.496 e. The second kappa shape index (κ2) is 8.30. The minimum atomic E-state index is 0.0357. The van der Waals surface area contributed by atoms with E-state index in [9.17, 15) is 9.59 Å². The van der Waals surface area contributed by atoms with Crippen LogP contribution in [0.4, 0.5) is 0 Å². The number of carbonyl (C=O) groups is 2. The van der Waals surface area contributed by atoms with Gasteiger partial charge >= 0.3 is 0 Å². The first-order chi connectivity index (χ1) is 13.0. The number of ether oxygens (including phenoxy) is 2. The second-order valence-corrected chi connectivity index (χ2v) is 7.76. The van der Waals surface area contributed by atoms with Crippen molar-refractivity contribution in [3.63, 3.8) is 0 Å². The fourth-order valence-corrected chi connectivity index (χ4v) is 4.36. The molecule has 1 aromatic rings. The van der Waals surface area contributed by atoms with E-state index in [1.54, 1.807) is 14.2 Å². The summed E-state index contributed by atoms with van der Waals surface area (Å²) in [5, 5.41) is 0. The molecule has 2 heterocycles. The number of hydrogen-bond donors (Lipinski definition) is 0. The Kier molecular flexibility index (Phi) is 6.05. The van der Waals surface area contributed by atoms with E-state index in [0.29, 0.717) is 30.9 Å². The number of hydrogen-bond acceptors (Lipinski definition) is 4. The zero-order valence-corrected chi connectivity index (χ0v) is 16.6. The van der Waals surface area contributed by atoms with Gasteiger partial charge in [-0.1, -0.05) is 12.1 Å². The zero-order valence-electron chi connectivity index (χ0n) is 16.6. The molecule has 2 saturated heterocycles. The SMILES string of the molecule is COCCN1CC2(CCC1=O)CCN(C(=O)c1cccc(C)c1OC)CC2. The van der Waals surface area contributed by atoms with Crippen molar-refractivity contribution in [1.82, 2.24) is 9.80 Å². The molecule has 3 rings (SSSR count). The normalized spacial score (nSPS) is 19.4. The van der Waals surface area contributed by atoms with E-state index in [0.717, 1.165) is 44.5 Å². The van der Waals surface area contributed by atoms with E-state index < -0.39 is 0 Å². The van der Waals surface area contributed by atoms with Crippen molar-refractivity contribution < 1.29 is 19.1 Å². The molecule has 2 fully saturated rings. The largest absolute Gasteiger partial charge is 0.496 e. The Bertz CT molecular complexity index is 695. The molecule has 2 aliphatic heterocycles. The lowest BCUT2D eigenvalue weighted by molar-refractivity contribution is -0.139. The third kappa shape index (κ3) is 4.10. The summed E-state index contributed by atoms with van der Waals surface area (Å²) >= 11 is 0. The van der Waals surface area contributed by atoms with Crippen LogP contribution in [0.5, 0.6) is 5.75 Å². The maximum Gasteiger partial charge on any atom is 0.257 e. The molecular formula is C21H30N2O4. The number of para-hydroxylation sites is 1. The Labute approximate surface area is 161 Å². The van der Waals surface area contributed by atoms with Crippen LogP contribution in [0.25, 0.3) is 0 Å². The van der Waals surface area contributed by atoms with Crippen LogP contribution in [0.1, 0.15) is 41.6 Å². The number of methoxy groups -OCH3 is 2. The van der Waals surface area contributed by atoms with E-state index in [1.165, 1.54) is 0 Å². The number of piperidine rings is 2. The topological polar surface area (TPSA) is 59.1 Å². The molecular weight excluding hydrogens is 344 g/mol. The van der Waals surface area contributed by atoms with Gasteiger partial charge in [-0.25, -0.2) is 0 Å². The molecule has 2 amide bonds. The number of amides is 2. The maximum absolute atomic E-state index is 13.0. The standard InChI is InChI=1S/C21H30N2O4/c1-16-5-4-6-17(19(16)27-3)20(25)22-11-9-21(10-12-22)8-7-18(24)23(15-21)13-14-26-2/h4-6H,7-15H2,1-3H3. The summed E-state index contributed by atoms with van der Waals surface area (Å²) in [6.45, 7) is 5.41. The Balaban J connectivity index is 1.66. The average molecular weight is 374 g/mol. The van der Waals surface area contributed by atoms with Gasteiger partial charge in [0, 0.05) is 39.7 Å². The quantitative estimate of drug-likeness (QED) is 0.795. The molecule has 27 heavy (non-hydrogen) atoms. The third-order valence-electron chi connectivity index (χ3n) is 6.07. The van der Waals surface area contributed by atoms with Crippen LogP contribution < -0.4 is 4.74 Å². The highest BCUT2D eigenvalue weighted by Gasteiger charge is 2.41. The van der Waals surface area contributed by atoms with Crippen LogP contribution in [0, 0.1) is 12.3 Å². The van der Waals surface area contributed by atoms with Crippen molar-refractivity contribution in [3.05, 3.63) is 29.3 Å². The van der Waals surface area contributed by atoms with Gasteiger partial charge in [0.25, 0.3) is 5.91 Å². The summed E-state index contributed by atoms with van der Waals surface area (Å²) in [5.41, 5.74) is 1.74. The second-order valence-electron chi connectivity index (χ2n) is 7.76. The Morgan fingerprint density at radius 3 is 2.59 bits per heavy atom. The highest BCUT2D eigenvalue weighted by molar-refractivity contribution is 5.97. The van der Waals surface area contributed by atoms with E-state index in [4.69, 9.17) is 9.47 Å². The summed E-state index contributed by atoms with van der Waals surface area (Å²) in [7, 11) is 3.27. The average Bonchev–Trinajstić information content (AvgIpc) is 2.69. The lowest BCUT2D eigenvalue weighted by Crippen LogP contribution is -2.52. The molecule has 0 N–H and O–H groups in total. The first-order valence-electron chi connectivity index (χ1n) is 9.69. The highest BCUT2D eigenvalue weighted by Crippen LogP contribution is 2.40. The maximum atomic E-state index is 13.0. The van der Waals surface area contributed by atoms with Gasteiger partial charge in [0.05, 0.1) is 19.3 Å². The number of carbonyl (C=O) groups excluding carboxylic acids is 2. The molecule has 0 aromatic heterocycles. The molecule has 0 atom stereocenters. The van der Waals surface area contributed by atoms with Gasteiger partial charge in [0.15, 0.2) is 0 Å². The van der Waals surface area contributed by atoms with Crippen LogP contribution >= 0.6 is 0 Å². The monoisotopic (exact) mass is 374 g/mol. The van der Waals surface area contributed by atoms with Gasteiger partial charge in [0.1, 0.15) is 5.75 Å². The van der Waals surface area contributed by atoms with Gasteiger partial charge in [-0.3, -0.25) is 9.59 Å². The molecule has 6 heteroatoms. The lowest BCUT2D eigenvalue weighted by Gasteiger charge is -2.47. The van der Waals surface area contributed by atoms with Crippen LogP contribution in [-0.2, 0) is 9.53 Å². The minimum absolute atomic E-state index is 0.0357. The van der Waals surface area contributed by atoms with E-state index in [1.807, 2.05) is 34.9 Å². The van der Waals surface area contributed by atoms with Crippen molar-refractivity contribution in [2.45, 2.75) is 32.6 Å². The molecule has 6 nitrogen and oxygen atoms in total. The van der Waals surface area contributed by atoms with Crippen molar-refractivity contribution in [2.75, 3.05) is 47.0 Å². The van der Waals surface area contributed by atoms with E-state index in [-0.39, 0.29) is 17.2 Å². The molecule has 2 aliphatic rings. The van der Waals surface area contributed by atoms with Gasteiger partial charge in [-0.15, -0.1) is 0 Å². The fraction of sp³-hybridized carbons (Fsp3) is 0.619. The number of likely N-dealkylation sites (tertiary alicyclic amines) is 2. The summed E-state index contributed by atoms with van der Waals surface area (Å²) < 4.78 is 10.6. The first-order valence-corrected chi connectivity index (χ1v) is 9.69. The third-order valence-corrected chi connectivity index (χ3v) is 6.07. The van der Waals surface area contributed by atoms with Crippen molar-refractivity contribution >= 4 is 11.8 Å². The molecule has 0 aliphatic carbocycles. The van der Waals surface area contributed by atoms with Gasteiger partial charge < -0.3 is 19.3 Å². The predicted octanol–water partition coefficient (Wildman–Crippen LogP) is 2.49. The van der Waals surface area contributed by atoms with Crippen molar-refractivity contribution in [3.8, 4) is 5.75 Å². The molecule has 0 unspecified atom stereocenters. The van der Waals surface area contributed by atoms with Crippen LogP contribution in [0.2, 0.25) is 0 Å². The van der Waals surface area contributed by atoms with E-state index >= 15 is 0 Å². The summed E-state index contributed by atoms with van der Waals surface area (Å²) in [6.07, 6.45) is 3.39. The number of nitrogens with zero attached hydrogens (tertiary/aromatic N) is 2. The van der Waals surface area contributed by atoms with Crippen LogP contribution in [0.15, 0.2) is 18.2 Å². The molecule has 1 aromatic carbocycles. The van der Waals surface area contributed by atoms with Gasteiger partial charge in [-0.2, -0.15) is 0 Å². The number of rotatable bonds is 5.